The highest BCUT2D eigenvalue weighted by atomic mass is 13.5. The van der Waals surface area contributed by atoms with Gasteiger partial charge in [0.05, 0.1) is 0 Å². The van der Waals surface area contributed by atoms with E-state index in [-0.39, 0.29) is 0 Å². The first kappa shape index (κ1) is 4.80. The molecule has 0 aliphatic rings. The van der Waals surface area contributed by atoms with Crippen molar-refractivity contribution in [2.45, 2.75) is 13.2 Å². The molecule has 0 saturated heterocycles. The van der Waals surface area contributed by atoms with Gasteiger partial charge in [-0.3, -0.25) is 0 Å². The van der Waals surface area contributed by atoms with Crippen LogP contribution in [0, 0.1) is 0 Å². The van der Waals surface area contributed by atoms with Crippen LogP contribution in [0.5, 0.6) is 0 Å². The van der Waals surface area contributed by atoms with Crippen LogP contribution < -0.4 is 0 Å². The van der Waals surface area contributed by atoms with Crippen LogP contribution in [0.4, 0.5) is 0 Å². The Morgan fingerprint density at radius 2 is 2.40 bits per heavy atom. The van der Waals surface area contributed by atoms with Crippen molar-refractivity contribution in [1.82, 2.24) is 0 Å². The van der Waals surface area contributed by atoms with Crippen LogP contribution in [0.1, 0.15) is 6.92 Å². The second-order valence-electron chi connectivity index (χ2n) is 0.977. The van der Waals surface area contributed by atoms with Gasteiger partial charge in [-0.25, -0.2) is 0 Å². The van der Waals surface area contributed by atoms with Gasteiger partial charge in [0.1, 0.15) is 7.85 Å². The van der Waals surface area contributed by atoms with Crippen molar-refractivity contribution in [3.8, 4) is 0 Å². The van der Waals surface area contributed by atoms with Gasteiger partial charge >= 0.3 is 0 Å². The molecule has 0 aromatic heterocycles. The second kappa shape index (κ2) is 3.80. The average molecular weight is 67.9 g/mol. The topological polar surface area (TPSA) is 0 Å². The fraction of sp³-hybridized carbons (Fsp3) is 0.500. The van der Waals surface area contributed by atoms with Crippen LogP contribution >= 0.6 is 0 Å². The minimum Gasteiger partial charge on any atom is -0.0967 e. The van der Waals surface area contributed by atoms with Crippen molar-refractivity contribution >= 4 is 7.85 Å². The van der Waals surface area contributed by atoms with E-state index in [2.05, 4.69) is 20.0 Å². The zero-order valence-corrected chi connectivity index (χ0v) is 3.86. The van der Waals surface area contributed by atoms with Gasteiger partial charge in [0.15, 0.2) is 0 Å². The van der Waals surface area contributed by atoms with Gasteiger partial charge in [0.2, 0.25) is 0 Å². The van der Waals surface area contributed by atoms with Crippen LogP contribution in [0.15, 0.2) is 12.2 Å². The molecule has 0 unspecified atom stereocenters. The van der Waals surface area contributed by atoms with Crippen molar-refractivity contribution in [2.24, 2.45) is 0 Å². The Morgan fingerprint density at radius 3 is 2.40 bits per heavy atom. The maximum absolute atomic E-state index is 2.12. The Bertz CT molecular complexity index is 30.6. The van der Waals surface area contributed by atoms with Gasteiger partial charge in [-0.15, -0.1) is 0 Å². The Balaban J connectivity index is 2.62. The van der Waals surface area contributed by atoms with Crippen molar-refractivity contribution in [2.75, 3.05) is 0 Å². The minimum absolute atomic E-state index is 1.16. The lowest BCUT2D eigenvalue weighted by Gasteiger charge is -1.64. The summed E-state index contributed by atoms with van der Waals surface area (Å²) in [5.74, 6) is 0. The first-order valence-electron chi connectivity index (χ1n) is 2.03. The molecule has 0 saturated carbocycles. The van der Waals surface area contributed by atoms with E-state index in [1.54, 1.807) is 0 Å². The van der Waals surface area contributed by atoms with E-state index in [1.165, 1.54) is 0 Å². The molecule has 0 N–H and O–H groups in total. The van der Waals surface area contributed by atoms with Crippen LogP contribution in [-0.2, 0) is 0 Å². The fourth-order valence-electron chi connectivity index (χ4n) is 0.236. The largest absolute Gasteiger partial charge is 0.106 e. The fourth-order valence-corrected chi connectivity index (χ4v) is 0.236. The smallest absolute Gasteiger partial charge is 0.0967 e. The zero-order chi connectivity index (χ0) is 4.12. The van der Waals surface area contributed by atoms with Crippen molar-refractivity contribution < 1.29 is 0 Å². The van der Waals surface area contributed by atoms with Gasteiger partial charge in [-0.05, 0) is 6.92 Å². The molecule has 0 aliphatic carbocycles. The van der Waals surface area contributed by atoms with Crippen molar-refractivity contribution in [1.29, 1.82) is 0 Å². The van der Waals surface area contributed by atoms with E-state index in [1.807, 2.05) is 6.92 Å². The minimum atomic E-state index is 1.16. The lowest BCUT2D eigenvalue weighted by atomic mass is 10.1. The molecule has 0 aromatic rings. The maximum Gasteiger partial charge on any atom is 0.106 e. The molecule has 0 nitrogen and oxygen atoms in total. The molecule has 28 valence electrons. The molecule has 0 radical (unpaired) electrons. The van der Waals surface area contributed by atoms with E-state index in [0.29, 0.717) is 0 Å². The highest BCUT2D eigenvalue weighted by Crippen LogP contribution is 1.70. The molecule has 0 fully saturated rings. The SMILES string of the molecule is BCC=CC. The Hall–Kier alpha value is -0.195. The van der Waals surface area contributed by atoms with Gasteiger partial charge < -0.3 is 0 Å². The van der Waals surface area contributed by atoms with E-state index in [9.17, 15) is 0 Å². The monoisotopic (exact) mass is 68.1 g/mol. The number of hydrogen-bond donors (Lipinski definition) is 0. The van der Waals surface area contributed by atoms with E-state index in [4.69, 9.17) is 0 Å². The molecule has 0 aromatic carbocycles. The Labute approximate surface area is 34.3 Å². The average Bonchev–Trinajstić information content (AvgIpc) is 1.41. The third kappa shape index (κ3) is 3.80. The first-order valence-corrected chi connectivity index (χ1v) is 2.03. The standard InChI is InChI=1S/C4H9B/c1-2-3-4-5/h2-3H,4-5H2,1H3. The Kier molecular flexibility index (Phi) is 3.66. The summed E-state index contributed by atoms with van der Waals surface area (Å²) in [4.78, 5) is 0. The molecular formula is C4H9B. The van der Waals surface area contributed by atoms with Crippen LogP contribution in [0.2, 0.25) is 6.32 Å². The van der Waals surface area contributed by atoms with Crippen LogP contribution in [0.25, 0.3) is 0 Å². The van der Waals surface area contributed by atoms with Crippen LogP contribution in [-0.4, -0.2) is 7.85 Å². The quantitative estimate of drug-likeness (QED) is 0.312. The summed E-state index contributed by atoms with van der Waals surface area (Å²) in [5, 5.41) is 0. The summed E-state index contributed by atoms with van der Waals surface area (Å²) < 4.78 is 0. The van der Waals surface area contributed by atoms with E-state index >= 15 is 0 Å². The number of rotatable bonds is 1. The van der Waals surface area contributed by atoms with Crippen LogP contribution in [0.3, 0.4) is 0 Å². The Morgan fingerprint density at radius 1 is 1.80 bits per heavy atom. The zero-order valence-electron chi connectivity index (χ0n) is 3.86. The van der Waals surface area contributed by atoms with E-state index in [0.717, 1.165) is 6.32 Å². The summed E-state index contributed by atoms with van der Waals surface area (Å²) in [6.45, 7) is 2.03. The third-order valence-electron chi connectivity index (χ3n) is 0.471. The lowest BCUT2D eigenvalue weighted by molar-refractivity contribution is 1.63. The summed E-state index contributed by atoms with van der Waals surface area (Å²) in [5.41, 5.74) is 0. The highest BCUT2D eigenvalue weighted by molar-refractivity contribution is 6.09. The molecule has 0 heterocycles. The molecule has 0 bridgehead atoms. The van der Waals surface area contributed by atoms with Gasteiger partial charge in [0, 0.05) is 0 Å². The molecule has 0 aliphatic heterocycles. The predicted molar refractivity (Wildman–Crippen MR) is 28.2 cm³/mol. The second-order valence-corrected chi connectivity index (χ2v) is 0.977. The maximum atomic E-state index is 2.12. The molecule has 0 atom stereocenters. The third-order valence-corrected chi connectivity index (χ3v) is 0.471. The molecule has 0 rings (SSSR count). The molecular weight excluding hydrogens is 58.9 g/mol. The number of allylic oxidation sites excluding steroid dienone is 2. The number of hydrogen-bond acceptors (Lipinski definition) is 0. The van der Waals surface area contributed by atoms with E-state index < -0.39 is 0 Å². The summed E-state index contributed by atoms with van der Waals surface area (Å²) in [6, 6.07) is 0. The first-order chi connectivity index (χ1) is 2.41. The summed E-state index contributed by atoms with van der Waals surface area (Å²) in [7, 11) is 2.12. The lowest BCUT2D eigenvalue weighted by Crippen LogP contribution is -1.51. The molecule has 1 heteroatoms. The van der Waals surface area contributed by atoms with Gasteiger partial charge in [-0.1, -0.05) is 18.5 Å². The molecule has 0 spiro atoms. The summed E-state index contributed by atoms with van der Waals surface area (Å²) >= 11 is 0. The normalized spacial score (nSPS) is 9.80. The van der Waals surface area contributed by atoms with Crippen molar-refractivity contribution in [3.05, 3.63) is 12.2 Å². The summed E-state index contributed by atoms with van der Waals surface area (Å²) in [6.07, 6.45) is 5.34. The van der Waals surface area contributed by atoms with Gasteiger partial charge in [-0.2, -0.15) is 0 Å². The highest BCUT2D eigenvalue weighted by Gasteiger charge is 1.53. The predicted octanol–water partition coefficient (Wildman–Crippen LogP) is 0.614. The molecule has 0 amide bonds. The van der Waals surface area contributed by atoms with Crippen molar-refractivity contribution in [3.63, 3.8) is 0 Å². The molecule has 5 heavy (non-hydrogen) atoms. The van der Waals surface area contributed by atoms with Gasteiger partial charge in [0.25, 0.3) is 0 Å².